The fraction of sp³-hybridized carbons (Fsp3) is 0.125. The first-order valence-electron chi connectivity index (χ1n) is 3.81. The first kappa shape index (κ1) is 7.72. The monoisotopic (exact) mass is 179 g/mol. The van der Waals surface area contributed by atoms with Crippen molar-refractivity contribution in [2.24, 2.45) is 0 Å². The molecule has 0 saturated heterocycles. The average Bonchev–Trinajstić information content (AvgIpc) is 2.47. The smallest absolute Gasteiger partial charge is 0.287 e. The van der Waals surface area contributed by atoms with Crippen LogP contribution in [0.4, 0.5) is 11.4 Å². The number of benzene rings is 1. The van der Waals surface area contributed by atoms with Crippen LogP contribution in [-0.4, -0.2) is 12.2 Å². The van der Waals surface area contributed by atoms with Crippen molar-refractivity contribution < 1.29 is 4.52 Å². The van der Waals surface area contributed by atoms with E-state index in [2.05, 4.69) is 10.5 Å². The third-order valence-corrected chi connectivity index (χ3v) is 1.92. The molecule has 0 unspecified atom stereocenters. The SMILES string of the molecule is CNc1cc2o[nH]c(=O)c2cc1N. The van der Waals surface area contributed by atoms with Gasteiger partial charge in [0, 0.05) is 13.1 Å². The van der Waals surface area contributed by atoms with Gasteiger partial charge in [-0.2, -0.15) is 5.16 Å². The minimum atomic E-state index is -0.260. The minimum Gasteiger partial charge on any atom is -0.397 e. The number of anilines is 2. The lowest BCUT2D eigenvalue weighted by Crippen LogP contribution is -1.99. The molecule has 0 aliphatic heterocycles. The lowest BCUT2D eigenvalue weighted by molar-refractivity contribution is 0.449. The van der Waals surface area contributed by atoms with Crippen molar-refractivity contribution in [1.29, 1.82) is 0 Å². The summed E-state index contributed by atoms with van der Waals surface area (Å²) in [5.41, 5.74) is 7.19. The zero-order valence-electron chi connectivity index (χ0n) is 7.05. The molecule has 5 nitrogen and oxygen atoms in total. The van der Waals surface area contributed by atoms with E-state index in [-0.39, 0.29) is 5.56 Å². The summed E-state index contributed by atoms with van der Waals surface area (Å²) in [6.07, 6.45) is 0. The van der Waals surface area contributed by atoms with E-state index in [0.717, 1.165) is 5.69 Å². The number of H-pyrrole nitrogens is 1. The average molecular weight is 179 g/mol. The van der Waals surface area contributed by atoms with Crippen molar-refractivity contribution in [3.8, 4) is 0 Å². The molecule has 1 aromatic heterocycles. The molecule has 0 saturated carbocycles. The maximum Gasteiger partial charge on any atom is 0.287 e. The molecule has 1 aromatic carbocycles. The highest BCUT2D eigenvalue weighted by Crippen LogP contribution is 2.23. The van der Waals surface area contributed by atoms with Gasteiger partial charge in [0.2, 0.25) is 0 Å². The van der Waals surface area contributed by atoms with Crippen LogP contribution in [-0.2, 0) is 0 Å². The molecule has 0 amide bonds. The fourth-order valence-electron chi connectivity index (χ4n) is 1.23. The Morgan fingerprint density at radius 1 is 1.54 bits per heavy atom. The highest BCUT2D eigenvalue weighted by atomic mass is 16.5. The largest absolute Gasteiger partial charge is 0.397 e. The van der Waals surface area contributed by atoms with Crippen LogP contribution in [0.25, 0.3) is 11.0 Å². The third kappa shape index (κ3) is 1.05. The second kappa shape index (κ2) is 2.55. The van der Waals surface area contributed by atoms with E-state index in [1.165, 1.54) is 0 Å². The topological polar surface area (TPSA) is 84.0 Å². The summed E-state index contributed by atoms with van der Waals surface area (Å²) < 4.78 is 4.91. The number of nitrogens with one attached hydrogen (secondary N) is 2. The molecule has 0 atom stereocenters. The Morgan fingerprint density at radius 2 is 2.31 bits per heavy atom. The summed E-state index contributed by atoms with van der Waals surface area (Å²) >= 11 is 0. The maximum atomic E-state index is 11.1. The van der Waals surface area contributed by atoms with E-state index in [0.29, 0.717) is 16.7 Å². The molecular formula is C8H9N3O2. The number of rotatable bonds is 1. The summed E-state index contributed by atoms with van der Waals surface area (Å²) in [5, 5.41) is 5.61. The third-order valence-electron chi connectivity index (χ3n) is 1.92. The fourth-order valence-corrected chi connectivity index (χ4v) is 1.23. The molecule has 1 heterocycles. The standard InChI is InChI=1S/C8H9N3O2/c1-10-6-3-7-4(2-5(6)9)8(12)11-13-7/h2-3,10H,9H2,1H3,(H,11,12). The van der Waals surface area contributed by atoms with Gasteiger partial charge in [-0.1, -0.05) is 0 Å². The summed E-state index contributed by atoms with van der Waals surface area (Å²) in [7, 11) is 1.75. The summed E-state index contributed by atoms with van der Waals surface area (Å²) in [6.45, 7) is 0. The Bertz CT molecular complexity index is 498. The molecule has 0 radical (unpaired) electrons. The lowest BCUT2D eigenvalue weighted by Gasteiger charge is -2.02. The van der Waals surface area contributed by atoms with Gasteiger partial charge in [-0.25, -0.2) is 0 Å². The number of aromatic amines is 1. The lowest BCUT2D eigenvalue weighted by atomic mass is 10.2. The van der Waals surface area contributed by atoms with Crippen LogP contribution in [0.5, 0.6) is 0 Å². The van der Waals surface area contributed by atoms with Gasteiger partial charge in [0.25, 0.3) is 5.56 Å². The number of nitrogens with two attached hydrogens (primary N) is 1. The van der Waals surface area contributed by atoms with Crippen LogP contribution in [0, 0.1) is 0 Å². The van der Waals surface area contributed by atoms with Gasteiger partial charge in [0.15, 0.2) is 5.58 Å². The van der Waals surface area contributed by atoms with E-state index in [4.69, 9.17) is 10.3 Å². The molecule has 2 rings (SSSR count). The predicted octanol–water partition coefficient (Wildman–Crippen LogP) is 0.745. The zero-order valence-corrected chi connectivity index (χ0v) is 7.05. The number of hydrogen-bond acceptors (Lipinski definition) is 4. The van der Waals surface area contributed by atoms with Crippen LogP contribution in [0.1, 0.15) is 0 Å². The van der Waals surface area contributed by atoms with Crippen LogP contribution in [0.15, 0.2) is 21.5 Å². The van der Waals surface area contributed by atoms with Crippen LogP contribution in [0.2, 0.25) is 0 Å². The second-order valence-corrected chi connectivity index (χ2v) is 2.72. The van der Waals surface area contributed by atoms with Gasteiger partial charge in [0.05, 0.1) is 16.8 Å². The van der Waals surface area contributed by atoms with Gasteiger partial charge < -0.3 is 15.6 Å². The molecular weight excluding hydrogens is 170 g/mol. The Kier molecular flexibility index (Phi) is 1.51. The predicted molar refractivity (Wildman–Crippen MR) is 50.8 cm³/mol. The van der Waals surface area contributed by atoms with Gasteiger partial charge in [0.1, 0.15) is 0 Å². The maximum absolute atomic E-state index is 11.1. The van der Waals surface area contributed by atoms with E-state index >= 15 is 0 Å². The van der Waals surface area contributed by atoms with Crippen molar-refractivity contribution in [3.05, 3.63) is 22.5 Å². The molecule has 0 fully saturated rings. The van der Waals surface area contributed by atoms with Crippen molar-refractivity contribution in [2.75, 3.05) is 18.1 Å². The first-order chi connectivity index (χ1) is 6.22. The van der Waals surface area contributed by atoms with Crippen molar-refractivity contribution in [1.82, 2.24) is 5.16 Å². The van der Waals surface area contributed by atoms with Crippen LogP contribution >= 0.6 is 0 Å². The quantitative estimate of drug-likeness (QED) is 0.564. The van der Waals surface area contributed by atoms with Crippen LogP contribution < -0.4 is 16.6 Å². The molecule has 2 aromatic rings. The minimum absolute atomic E-state index is 0.260. The Balaban J connectivity index is 2.83. The molecule has 13 heavy (non-hydrogen) atoms. The number of nitrogen functional groups attached to an aromatic ring is 1. The van der Waals surface area contributed by atoms with E-state index in [9.17, 15) is 4.79 Å². The van der Waals surface area contributed by atoms with Gasteiger partial charge >= 0.3 is 0 Å². The summed E-state index contributed by atoms with van der Waals surface area (Å²) in [4.78, 5) is 11.1. The molecule has 0 bridgehead atoms. The molecule has 68 valence electrons. The number of hydrogen-bond donors (Lipinski definition) is 3. The first-order valence-corrected chi connectivity index (χ1v) is 3.81. The van der Waals surface area contributed by atoms with Crippen molar-refractivity contribution in [2.45, 2.75) is 0 Å². The Labute approximate surface area is 73.5 Å². The molecule has 4 N–H and O–H groups in total. The highest BCUT2D eigenvalue weighted by Gasteiger charge is 2.06. The highest BCUT2D eigenvalue weighted by molar-refractivity contribution is 5.86. The van der Waals surface area contributed by atoms with Gasteiger partial charge in [-0.3, -0.25) is 4.79 Å². The van der Waals surface area contributed by atoms with E-state index in [1.807, 2.05) is 0 Å². The molecule has 0 aliphatic carbocycles. The second-order valence-electron chi connectivity index (χ2n) is 2.72. The van der Waals surface area contributed by atoms with Crippen molar-refractivity contribution >= 4 is 22.3 Å². The zero-order chi connectivity index (χ0) is 9.42. The van der Waals surface area contributed by atoms with E-state index < -0.39 is 0 Å². The van der Waals surface area contributed by atoms with Gasteiger partial charge in [-0.05, 0) is 6.07 Å². The van der Waals surface area contributed by atoms with E-state index in [1.54, 1.807) is 19.2 Å². The number of fused-ring (bicyclic) bond motifs is 1. The Hall–Kier alpha value is -1.91. The normalized spacial score (nSPS) is 10.5. The molecule has 0 aliphatic rings. The summed E-state index contributed by atoms with van der Waals surface area (Å²) in [6, 6.07) is 3.27. The Morgan fingerprint density at radius 3 is 3.00 bits per heavy atom. The van der Waals surface area contributed by atoms with Gasteiger partial charge in [-0.15, -0.1) is 0 Å². The molecule has 5 heteroatoms. The summed E-state index contributed by atoms with van der Waals surface area (Å²) in [5.74, 6) is 0. The van der Waals surface area contributed by atoms with Crippen molar-refractivity contribution in [3.63, 3.8) is 0 Å². The molecule has 0 spiro atoms. The number of aromatic nitrogens is 1. The van der Waals surface area contributed by atoms with Crippen LogP contribution in [0.3, 0.4) is 0 Å².